The standard InChI is InChI=1S/C21H20N2O5S/c1-27-12-11-23-20(25)18(29-21(23)26)13-15-7-5-6-10-17(15)28-14-19(24)22-16-8-3-2-4-9-16/h2-10,13H,11-12,14H2,1H3,(H,22,24)/b18-13+. The molecule has 2 aromatic carbocycles. The maximum Gasteiger partial charge on any atom is 0.293 e. The minimum atomic E-state index is -0.367. The number of ether oxygens (including phenoxy) is 2. The van der Waals surface area contributed by atoms with E-state index in [1.165, 1.54) is 7.11 Å². The number of amides is 3. The predicted molar refractivity (Wildman–Crippen MR) is 112 cm³/mol. The third-order valence-corrected chi connectivity index (χ3v) is 4.92. The topological polar surface area (TPSA) is 84.9 Å². The van der Waals surface area contributed by atoms with Gasteiger partial charge in [-0.15, -0.1) is 0 Å². The number of benzene rings is 2. The number of carbonyl (C=O) groups is 3. The number of nitrogens with zero attached hydrogens (tertiary/aromatic N) is 1. The van der Waals surface area contributed by atoms with Gasteiger partial charge in [0.1, 0.15) is 5.75 Å². The van der Waals surface area contributed by atoms with Crippen LogP contribution < -0.4 is 10.1 Å². The van der Waals surface area contributed by atoms with E-state index in [4.69, 9.17) is 9.47 Å². The lowest BCUT2D eigenvalue weighted by molar-refractivity contribution is -0.123. The second-order valence-electron chi connectivity index (χ2n) is 6.07. The van der Waals surface area contributed by atoms with Crippen LogP contribution in [-0.4, -0.2) is 48.8 Å². The molecule has 8 heteroatoms. The van der Waals surface area contributed by atoms with Crippen molar-refractivity contribution in [2.75, 3.05) is 32.2 Å². The highest BCUT2D eigenvalue weighted by molar-refractivity contribution is 8.18. The van der Waals surface area contributed by atoms with Crippen LogP contribution in [0.5, 0.6) is 5.75 Å². The number of imide groups is 1. The van der Waals surface area contributed by atoms with E-state index in [2.05, 4.69) is 5.32 Å². The third-order valence-electron chi connectivity index (χ3n) is 4.01. The van der Waals surface area contributed by atoms with E-state index in [1.54, 1.807) is 42.5 Å². The van der Waals surface area contributed by atoms with Gasteiger partial charge in [0.25, 0.3) is 17.1 Å². The van der Waals surface area contributed by atoms with Crippen LogP contribution in [0.3, 0.4) is 0 Å². The molecule has 0 spiro atoms. The number of rotatable bonds is 8. The highest BCUT2D eigenvalue weighted by atomic mass is 32.2. The molecule has 1 saturated heterocycles. The van der Waals surface area contributed by atoms with Crippen LogP contribution in [0, 0.1) is 0 Å². The Bertz CT molecular complexity index is 930. The lowest BCUT2D eigenvalue weighted by Gasteiger charge is -2.11. The number of hydrogen-bond acceptors (Lipinski definition) is 6. The third kappa shape index (κ3) is 5.46. The van der Waals surface area contributed by atoms with E-state index >= 15 is 0 Å². The smallest absolute Gasteiger partial charge is 0.293 e. The fourth-order valence-corrected chi connectivity index (χ4v) is 3.47. The normalized spacial score (nSPS) is 15.1. The van der Waals surface area contributed by atoms with Crippen molar-refractivity contribution >= 4 is 40.6 Å². The summed E-state index contributed by atoms with van der Waals surface area (Å²) in [5, 5.41) is 2.41. The summed E-state index contributed by atoms with van der Waals surface area (Å²) in [5.74, 6) is -0.223. The van der Waals surface area contributed by atoms with Gasteiger partial charge in [0.15, 0.2) is 6.61 Å². The molecule has 0 aliphatic carbocycles. The van der Waals surface area contributed by atoms with Gasteiger partial charge in [-0.25, -0.2) is 0 Å². The van der Waals surface area contributed by atoms with Crippen LogP contribution in [0.15, 0.2) is 59.5 Å². The average Bonchev–Trinajstić information content (AvgIpc) is 2.99. The Morgan fingerprint density at radius 2 is 1.83 bits per heavy atom. The van der Waals surface area contributed by atoms with Crippen LogP contribution in [0.1, 0.15) is 5.56 Å². The van der Waals surface area contributed by atoms with Gasteiger partial charge in [-0.2, -0.15) is 0 Å². The molecule has 1 N–H and O–H groups in total. The van der Waals surface area contributed by atoms with E-state index in [-0.39, 0.29) is 36.8 Å². The lowest BCUT2D eigenvalue weighted by atomic mass is 10.2. The molecule has 3 amide bonds. The Morgan fingerprint density at radius 1 is 1.10 bits per heavy atom. The summed E-state index contributed by atoms with van der Waals surface area (Å²) >= 11 is 0.870. The summed E-state index contributed by atoms with van der Waals surface area (Å²) in [6.07, 6.45) is 1.60. The molecule has 0 atom stereocenters. The van der Waals surface area contributed by atoms with Gasteiger partial charge in [-0.3, -0.25) is 19.3 Å². The highest BCUT2D eigenvalue weighted by Gasteiger charge is 2.34. The van der Waals surface area contributed by atoms with Crippen LogP contribution in [0.4, 0.5) is 10.5 Å². The van der Waals surface area contributed by atoms with E-state index in [1.807, 2.05) is 18.2 Å². The summed E-state index contributed by atoms with van der Waals surface area (Å²) in [5.41, 5.74) is 1.29. The summed E-state index contributed by atoms with van der Waals surface area (Å²) < 4.78 is 10.6. The molecule has 0 aromatic heterocycles. The zero-order valence-corrected chi connectivity index (χ0v) is 16.6. The van der Waals surface area contributed by atoms with Gasteiger partial charge in [0, 0.05) is 18.4 Å². The summed E-state index contributed by atoms with van der Waals surface area (Å²) in [7, 11) is 1.51. The second kappa shape index (κ2) is 9.90. The van der Waals surface area contributed by atoms with E-state index in [9.17, 15) is 14.4 Å². The van der Waals surface area contributed by atoms with Crippen LogP contribution in [0.2, 0.25) is 0 Å². The number of thioether (sulfide) groups is 1. The van der Waals surface area contributed by atoms with Crippen LogP contribution in [-0.2, 0) is 14.3 Å². The number of anilines is 1. The Morgan fingerprint density at radius 3 is 2.59 bits per heavy atom. The molecule has 1 heterocycles. The van der Waals surface area contributed by atoms with Gasteiger partial charge < -0.3 is 14.8 Å². The minimum Gasteiger partial charge on any atom is -0.483 e. The molecule has 7 nitrogen and oxygen atoms in total. The average molecular weight is 412 g/mol. The van der Waals surface area contributed by atoms with Crippen LogP contribution in [0.25, 0.3) is 6.08 Å². The molecule has 0 bridgehead atoms. The first-order valence-corrected chi connectivity index (χ1v) is 9.71. The molecule has 0 saturated carbocycles. The largest absolute Gasteiger partial charge is 0.483 e. The number of para-hydroxylation sites is 2. The quantitative estimate of drug-likeness (QED) is 0.669. The zero-order valence-electron chi connectivity index (χ0n) is 15.8. The Kier molecular flexibility index (Phi) is 7.04. The maximum absolute atomic E-state index is 12.5. The number of hydrogen-bond donors (Lipinski definition) is 1. The Hall–Kier alpha value is -3.10. The minimum absolute atomic E-state index is 0.185. The van der Waals surface area contributed by atoms with Gasteiger partial charge in [-0.1, -0.05) is 36.4 Å². The maximum atomic E-state index is 12.5. The van der Waals surface area contributed by atoms with E-state index in [0.717, 1.165) is 16.7 Å². The SMILES string of the molecule is COCCN1C(=O)S/C(=C/c2ccccc2OCC(=O)Nc2ccccc2)C1=O. The molecule has 2 aromatic rings. The van der Waals surface area contributed by atoms with Gasteiger partial charge >= 0.3 is 0 Å². The molecule has 3 rings (SSSR count). The molecular weight excluding hydrogens is 392 g/mol. The van der Waals surface area contributed by atoms with Crippen molar-refractivity contribution in [2.24, 2.45) is 0 Å². The van der Waals surface area contributed by atoms with E-state index in [0.29, 0.717) is 21.9 Å². The second-order valence-corrected chi connectivity index (χ2v) is 7.06. The van der Waals surface area contributed by atoms with Crippen molar-refractivity contribution in [3.05, 3.63) is 65.1 Å². The van der Waals surface area contributed by atoms with Gasteiger partial charge in [0.05, 0.1) is 18.1 Å². The number of carbonyl (C=O) groups excluding carboxylic acids is 3. The molecule has 0 unspecified atom stereocenters. The van der Waals surface area contributed by atoms with E-state index < -0.39 is 0 Å². The number of nitrogens with one attached hydrogen (secondary N) is 1. The fourth-order valence-electron chi connectivity index (χ4n) is 2.61. The van der Waals surface area contributed by atoms with Gasteiger partial charge in [-0.05, 0) is 36.0 Å². The zero-order chi connectivity index (χ0) is 20.6. The summed E-state index contributed by atoms with van der Waals surface area (Å²) in [4.78, 5) is 38.1. The van der Waals surface area contributed by atoms with Crippen molar-refractivity contribution in [3.63, 3.8) is 0 Å². The monoisotopic (exact) mass is 412 g/mol. The molecular formula is C21H20N2O5S. The molecule has 0 radical (unpaired) electrons. The first-order chi connectivity index (χ1) is 14.1. The van der Waals surface area contributed by atoms with Crippen molar-refractivity contribution in [1.29, 1.82) is 0 Å². The Balaban J connectivity index is 1.67. The molecule has 1 aliphatic heterocycles. The van der Waals surface area contributed by atoms with Crippen molar-refractivity contribution in [1.82, 2.24) is 4.90 Å². The summed E-state index contributed by atoms with van der Waals surface area (Å²) in [6.45, 7) is 0.299. The molecule has 150 valence electrons. The van der Waals surface area contributed by atoms with Crippen molar-refractivity contribution in [3.8, 4) is 5.75 Å². The predicted octanol–water partition coefficient (Wildman–Crippen LogP) is 3.39. The van der Waals surface area contributed by atoms with Crippen molar-refractivity contribution in [2.45, 2.75) is 0 Å². The van der Waals surface area contributed by atoms with Crippen molar-refractivity contribution < 1.29 is 23.9 Å². The first kappa shape index (κ1) is 20.6. The fraction of sp³-hybridized carbons (Fsp3) is 0.190. The molecule has 1 aliphatic rings. The first-order valence-electron chi connectivity index (χ1n) is 8.89. The van der Waals surface area contributed by atoms with Crippen LogP contribution >= 0.6 is 11.8 Å². The molecule has 29 heavy (non-hydrogen) atoms. The Labute approximate surface area is 172 Å². The lowest BCUT2D eigenvalue weighted by Crippen LogP contribution is -2.31. The number of methoxy groups -OCH3 is 1. The highest BCUT2D eigenvalue weighted by Crippen LogP contribution is 2.33. The molecule has 1 fully saturated rings. The van der Waals surface area contributed by atoms with Gasteiger partial charge in [0.2, 0.25) is 0 Å². The summed E-state index contributed by atoms with van der Waals surface area (Å²) in [6, 6.07) is 16.1.